The van der Waals surface area contributed by atoms with Gasteiger partial charge in [-0.15, -0.1) is 0 Å². The van der Waals surface area contributed by atoms with Crippen LogP contribution in [-0.2, 0) is 0 Å². The molecule has 2 aliphatic rings. The summed E-state index contributed by atoms with van der Waals surface area (Å²) in [5, 5.41) is 0. The van der Waals surface area contributed by atoms with E-state index in [0.29, 0.717) is 11.8 Å². The van der Waals surface area contributed by atoms with Crippen LogP contribution in [0.25, 0.3) is 0 Å². The maximum atomic E-state index is 2.43. The second-order valence-corrected chi connectivity index (χ2v) is 10.3. The minimum absolute atomic E-state index is 0.593. The van der Waals surface area contributed by atoms with Crippen molar-refractivity contribution in [2.24, 2.45) is 0 Å². The van der Waals surface area contributed by atoms with E-state index in [1.54, 1.807) is 0 Å². The molecule has 2 aromatic rings. The molecule has 2 heterocycles. The van der Waals surface area contributed by atoms with Gasteiger partial charge in [0.2, 0.25) is 0 Å². The Labute approximate surface area is 184 Å². The van der Waals surface area contributed by atoms with Gasteiger partial charge in [-0.05, 0) is 60.1 Å². The summed E-state index contributed by atoms with van der Waals surface area (Å²) >= 11 is 0. The van der Waals surface area contributed by atoms with E-state index < -0.39 is 0 Å². The number of rotatable bonds is 7. The largest absolute Gasteiger partial charge is 0.294 e. The van der Waals surface area contributed by atoms with Crippen molar-refractivity contribution in [3.63, 3.8) is 0 Å². The smallest absolute Gasteiger partial charge is 0.132 e. The summed E-state index contributed by atoms with van der Waals surface area (Å²) < 4.78 is 2.24. The Morgan fingerprint density at radius 2 is 0.867 bits per heavy atom. The van der Waals surface area contributed by atoms with E-state index in [1.165, 1.54) is 87.2 Å². The molecule has 2 atom stereocenters. The first-order valence-corrected chi connectivity index (χ1v) is 12.4. The van der Waals surface area contributed by atoms with E-state index in [4.69, 9.17) is 0 Å². The Hall–Kier alpha value is -1.64. The van der Waals surface area contributed by atoms with Gasteiger partial charge < -0.3 is 0 Å². The second-order valence-electron chi connectivity index (χ2n) is 10.3. The van der Waals surface area contributed by atoms with Crippen LogP contribution in [0.4, 0.5) is 11.4 Å². The Morgan fingerprint density at radius 3 is 1.13 bits per heavy atom. The van der Waals surface area contributed by atoms with Crippen LogP contribution in [0.2, 0.25) is 0 Å². The molecular weight excluding hydrogens is 364 g/mol. The number of nitrogens with zero attached hydrogens (tertiary/aromatic N) is 2. The van der Waals surface area contributed by atoms with Gasteiger partial charge in [0, 0.05) is 25.7 Å². The molecule has 0 bridgehead atoms. The molecular formula is C28H42N2+2. The minimum atomic E-state index is 0.593. The monoisotopic (exact) mass is 406 g/mol. The topological polar surface area (TPSA) is 0 Å². The average Bonchev–Trinajstić information content (AvgIpc) is 3.42. The van der Waals surface area contributed by atoms with E-state index in [0.717, 1.165) is 8.97 Å². The summed E-state index contributed by atoms with van der Waals surface area (Å²) in [5.41, 5.74) is 6.01. The quantitative estimate of drug-likeness (QED) is 0.442. The van der Waals surface area contributed by atoms with Gasteiger partial charge in [-0.25, -0.2) is 0 Å². The zero-order valence-corrected chi connectivity index (χ0v) is 19.7. The van der Waals surface area contributed by atoms with Crippen molar-refractivity contribution in [1.82, 2.24) is 8.97 Å². The molecule has 0 saturated carbocycles. The van der Waals surface area contributed by atoms with Gasteiger partial charge in [0.1, 0.15) is 11.4 Å². The third kappa shape index (κ3) is 4.09. The first kappa shape index (κ1) is 21.6. The molecule has 2 aliphatic heterocycles. The lowest BCUT2D eigenvalue weighted by molar-refractivity contribution is 0.405. The fraction of sp³-hybridized carbons (Fsp3) is 0.571. The van der Waals surface area contributed by atoms with Crippen LogP contribution < -0.4 is 8.97 Å². The predicted octanol–water partition coefficient (Wildman–Crippen LogP) is 6.84. The van der Waals surface area contributed by atoms with E-state index in [2.05, 4.69) is 76.5 Å². The van der Waals surface area contributed by atoms with Crippen molar-refractivity contribution < 1.29 is 0 Å². The van der Waals surface area contributed by atoms with Crippen molar-refractivity contribution in [2.75, 3.05) is 40.3 Å². The van der Waals surface area contributed by atoms with Crippen LogP contribution in [0.1, 0.15) is 75.3 Å². The highest BCUT2D eigenvalue weighted by atomic mass is 15.3. The third-order valence-electron chi connectivity index (χ3n) is 8.36. The Kier molecular flexibility index (Phi) is 6.36. The number of benzene rings is 2. The predicted molar refractivity (Wildman–Crippen MR) is 132 cm³/mol. The zero-order chi connectivity index (χ0) is 21.2. The molecule has 0 aliphatic carbocycles. The van der Waals surface area contributed by atoms with Gasteiger partial charge in [0.15, 0.2) is 0 Å². The summed E-state index contributed by atoms with van der Waals surface area (Å²) in [6.45, 7) is 9.88. The lowest BCUT2D eigenvalue weighted by atomic mass is 9.78. The average molecular weight is 407 g/mol. The van der Waals surface area contributed by atoms with Crippen LogP contribution in [0.5, 0.6) is 0 Å². The maximum Gasteiger partial charge on any atom is 0.132 e. The minimum Gasteiger partial charge on any atom is -0.294 e. The van der Waals surface area contributed by atoms with Gasteiger partial charge in [0.05, 0.1) is 40.3 Å². The Balaban J connectivity index is 1.55. The van der Waals surface area contributed by atoms with E-state index in [9.17, 15) is 0 Å². The van der Waals surface area contributed by atoms with Gasteiger partial charge in [-0.1, -0.05) is 38.1 Å². The molecule has 0 aromatic heterocycles. The number of hydrogen-bond donors (Lipinski definition) is 0. The maximum absolute atomic E-state index is 2.43. The number of likely N-dealkylation sites (tertiary alicyclic amines) is 2. The molecule has 30 heavy (non-hydrogen) atoms. The van der Waals surface area contributed by atoms with Crippen molar-refractivity contribution in [2.45, 2.75) is 64.2 Å². The number of hydrogen-bond acceptors (Lipinski definition) is 0. The third-order valence-corrected chi connectivity index (χ3v) is 8.36. The van der Waals surface area contributed by atoms with Crippen LogP contribution >= 0.6 is 0 Å². The fourth-order valence-corrected chi connectivity index (χ4v) is 6.25. The van der Waals surface area contributed by atoms with Gasteiger partial charge in [0.25, 0.3) is 0 Å². The summed E-state index contributed by atoms with van der Waals surface area (Å²) in [6.07, 6.45) is 7.84. The van der Waals surface area contributed by atoms with Crippen molar-refractivity contribution in [1.29, 1.82) is 0 Å². The standard InChI is InChI=1S/C28H42N2/c1-5-27(23-11-15-25(16-12-23)29(3)19-7-8-20-29)28(6-2)24-13-17-26(18-14-24)30(4)21-9-10-22-30/h11-18,27-28H,5-10,19-22H2,1-4H3/q+2. The second kappa shape index (κ2) is 8.85. The van der Waals surface area contributed by atoms with E-state index in [-0.39, 0.29) is 0 Å². The first-order chi connectivity index (χ1) is 14.5. The fourth-order valence-electron chi connectivity index (χ4n) is 6.25. The molecule has 2 aromatic carbocycles. The molecule has 0 amide bonds. The molecule has 2 saturated heterocycles. The van der Waals surface area contributed by atoms with E-state index >= 15 is 0 Å². The molecule has 2 nitrogen and oxygen atoms in total. The highest BCUT2D eigenvalue weighted by molar-refractivity contribution is 5.47. The molecule has 0 N–H and O–H groups in total. The molecule has 4 rings (SSSR count). The van der Waals surface area contributed by atoms with E-state index in [1.807, 2.05) is 0 Å². The molecule has 0 spiro atoms. The van der Waals surface area contributed by atoms with Crippen molar-refractivity contribution in [3.8, 4) is 0 Å². The van der Waals surface area contributed by atoms with Crippen molar-refractivity contribution >= 4 is 11.4 Å². The molecule has 2 fully saturated rings. The molecule has 162 valence electrons. The Bertz CT molecular complexity index is 737. The van der Waals surface area contributed by atoms with Crippen LogP contribution in [-0.4, -0.2) is 40.3 Å². The SMILES string of the molecule is CCC(c1ccc([N+]2(C)CCCC2)cc1)C(CC)c1ccc([N+]2(C)CCCC2)cc1. The number of quaternary nitrogens is 2. The highest BCUT2D eigenvalue weighted by Gasteiger charge is 2.31. The van der Waals surface area contributed by atoms with Crippen molar-refractivity contribution in [3.05, 3.63) is 59.7 Å². The van der Waals surface area contributed by atoms with Crippen LogP contribution in [0, 0.1) is 0 Å². The summed E-state index contributed by atoms with van der Waals surface area (Å²) in [6, 6.07) is 19.4. The zero-order valence-electron chi connectivity index (χ0n) is 19.7. The first-order valence-electron chi connectivity index (χ1n) is 12.4. The lowest BCUT2D eigenvalue weighted by Gasteiger charge is -2.31. The molecule has 2 unspecified atom stereocenters. The van der Waals surface area contributed by atoms with Crippen LogP contribution in [0.15, 0.2) is 48.5 Å². The molecule has 2 heteroatoms. The lowest BCUT2D eigenvalue weighted by Crippen LogP contribution is -2.41. The molecule has 0 radical (unpaired) electrons. The summed E-state index contributed by atoms with van der Waals surface area (Å²) in [5.74, 6) is 1.19. The van der Waals surface area contributed by atoms with Gasteiger partial charge in [-0.2, -0.15) is 0 Å². The summed E-state index contributed by atoms with van der Waals surface area (Å²) in [7, 11) is 4.80. The summed E-state index contributed by atoms with van der Waals surface area (Å²) in [4.78, 5) is 0. The van der Waals surface area contributed by atoms with Gasteiger partial charge in [-0.3, -0.25) is 8.97 Å². The highest BCUT2D eigenvalue weighted by Crippen LogP contribution is 2.40. The normalized spacial score (nSPS) is 22.1. The van der Waals surface area contributed by atoms with Gasteiger partial charge >= 0.3 is 0 Å². The van der Waals surface area contributed by atoms with Crippen LogP contribution in [0.3, 0.4) is 0 Å². The Morgan fingerprint density at radius 1 is 0.567 bits per heavy atom.